The van der Waals surface area contributed by atoms with Crippen molar-refractivity contribution < 1.29 is 19.1 Å². The van der Waals surface area contributed by atoms with E-state index in [4.69, 9.17) is 21.1 Å². The van der Waals surface area contributed by atoms with Crippen molar-refractivity contribution in [3.8, 4) is 11.5 Å². The number of amides is 1. The summed E-state index contributed by atoms with van der Waals surface area (Å²) in [6.07, 6.45) is -0.0295. The van der Waals surface area contributed by atoms with Gasteiger partial charge in [-0.3, -0.25) is 9.59 Å². The predicted molar refractivity (Wildman–Crippen MR) is 99.0 cm³/mol. The molecular formula is C18H17BrClNO4. The molecule has 0 saturated heterocycles. The van der Waals surface area contributed by atoms with Crippen LogP contribution in [0.25, 0.3) is 0 Å². The number of benzene rings is 2. The molecule has 1 atom stereocenters. The van der Waals surface area contributed by atoms with Gasteiger partial charge in [-0.25, -0.2) is 0 Å². The van der Waals surface area contributed by atoms with Crippen LogP contribution in [0.15, 0.2) is 46.9 Å². The lowest BCUT2D eigenvalue weighted by Gasteiger charge is -2.18. The highest BCUT2D eigenvalue weighted by atomic mass is 79.9. The first-order valence-electron chi connectivity index (χ1n) is 7.46. The molecule has 25 heavy (non-hydrogen) atoms. The molecule has 2 aromatic carbocycles. The Morgan fingerprint density at radius 2 is 1.88 bits per heavy atom. The first-order valence-corrected chi connectivity index (χ1v) is 8.63. The first kappa shape index (κ1) is 19.3. The van der Waals surface area contributed by atoms with Crippen molar-refractivity contribution in [1.82, 2.24) is 5.32 Å². The van der Waals surface area contributed by atoms with E-state index in [1.165, 1.54) is 6.92 Å². The molecule has 0 spiro atoms. The summed E-state index contributed by atoms with van der Waals surface area (Å²) in [5.74, 6) is 0.217. The van der Waals surface area contributed by atoms with Gasteiger partial charge in [-0.05, 0) is 35.9 Å². The van der Waals surface area contributed by atoms with Crippen molar-refractivity contribution in [1.29, 1.82) is 0 Å². The second-order valence-electron chi connectivity index (χ2n) is 5.28. The van der Waals surface area contributed by atoms with Crippen LogP contribution in [-0.2, 0) is 9.59 Å². The fourth-order valence-corrected chi connectivity index (χ4v) is 2.93. The Bertz CT molecular complexity index is 764. The van der Waals surface area contributed by atoms with E-state index in [-0.39, 0.29) is 18.1 Å². The van der Waals surface area contributed by atoms with Gasteiger partial charge in [0.15, 0.2) is 0 Å². The third kappa shape index (κ3) is 5.76. The topological polar surface area (TPSA) is 64.6 Å². The number of hydrogen-bond donors (Lipinski definition) is 1. The number of ether oxygens (including phenoxy) is 2. The number of esters is 1. The van der Waals surface area contributed by atoms with E-state index >= 15 is 0 Å². The molecule has 0 heterocycles. The lowest BCUT2D eigenvalue weighted by Crippen LogP contribution is -2.29. The Kier molecular flexibility index (Phi) is 6.84. The van der Waals surface area contributed by atoms with Gasteiger partial charge in [0, 0.05) is 11.4 Å². The van der Waals surface area contributed by atoms with Crippen molar-refractivity contribution in [2.75, 3.05) is 7.11 Å². The van der Waals surface area contributed by atoms with Gasteiger partial charge >= 0.3 is 5.97 Å². The number of carbonyl (C=O) groups is 2. The molecule has 132 valence electrons. The Balaban J connectivity index is 2.12. The molecule has 0 aliphatic rings. The van der Waals surface area contributed by atoms with Gasteiger partial charge in [-0.1, -0.05) is 39.7 Å². The average Bonchev–Trinajstić information content (AvgIpc) is 2.56. The van der Waals surface area contributed by atoms with Crippen LogP contribution in [-0.4, -0.2) is 19.0 Å². The maximum absolute atomic E-state index is 12.3. The molecule has 0 aliphatic heterocycles. The van der Waals surface area contributed by atoms with Crippen LogP contribution in [0, 0.1) is 0 Å². The second-order valence-corrected chi connectivity index (χ2v) is 6.60. The summed E-state index contributed by atoms with van der Waals surface area (Å²) in [5.41, 5.74) is 0.773. The van der Waals surface area contributed by atoms with E-state index in [1.807, 2.05) is 0 Å². The minimum atomic E-state index is -0.509. The molecule has 0 bridgehead atoms. The molecule has 5 nitrogen and oxygen atoms in total. The maximum atomic E-state index is 12.3. The highest BCUT2D eigenvalue weighted by Crippen LogP contribution is 2.29. The molecule has 0 fully saturated rings. The number of halogens is 2. The highest BCUT2D eigenvalue weighted by Gasteiger charge is 2.19. The maximum Gasteiger partial charge on any atom is 0.313 e. The van der Waals surface area contributed by atoms with Crippen LogP contribution < -0.4 is 14.8 Å². The summed E-state index contributed by atoms with van der Waals surface area (Å²) in [6, 6.07) is 11.6. The minimum Gasteiger partial charge on any atom is -0.497 e. The van der Waals surface area contributed by atoms with E-state index in [2.05, 4.69) is 21.2 Å². The van der Waals surface area contributed by atoms with Crippen LogP contribution >= 0.6 is 27.5 Å². The lowest BCUT2D eigenvalue weighted by atomic mass is 10.0. The van der Waals surface area contributed by atoms with E-state index < -0.39 is 12.0 Å². The zero-order valence-electron chi connectivity index (χ0n) is 13.7. The minimum absolute atomic E-state index is 0.0295. The van der Waals surface area contributed by atoms with Crippen LogP contribution in [0.4, 0.5) is 0 Å². The SMILES string of the molecule is COc1ccc([C@H](CC(=O)Oc2ccc(Br)cc2Cl)NC(C)=O)cc1. The van der Waals surface area contributed by atoms with Crippen molar-refractivity contribution in [3.05, 3.63) is 57.5 Å². The molecule has 0 unspecified atom stereocenters. The number of rotatable bonds is 6. The van der Waals surface area contributed by atoms with E-state index in [9.17, 15) is 9.59 Å². The molecule has 2 rings (SSSR count). The number of nitrogens with one attached hydrogen (secondary N) is 1. The van der Waals surface area contributed by atoms with Crippen molar-refractivity contribution in [3.63, 3.8) is 0 Å². The van der Waals surface area contributed by atoms with Crippen molar-refractivity contribution in [2.45, 2.75) is 19.4 Å². The largest absolute Gasteiger partial charge is 0.497 e. The Labute approximate surface area is 159 Å². The summed E-state index contributed by atoms with van der Waals surface area (Å²) >= 11 is 9.34. The zero-order valence-corrected chi connectivity index (χ0v) is 16.1. The van der Waals surface area contributed by atoms with E-state index in [0.29, 0.717) is 10.8 Å². The summed E-state index contributed by atoms with van der Waals surface area (Å²) in [6.45, 7) is 1.40. The second kappa shape index (κ2) is 8.87. The van der Waals surface area contributed by atoms with Gasteiger partial charge < -0.3 is 14.8 Å². The van der Waals surface area contributed by atoms with Gasteiger partial charge in [0.1, 0.15) is 11.5 Å². The predicted octanol–water partition coefficient (Wildman–Crippen LogP) is 4.28. The zero-order chi connectivity index (χ0) is 18.4. The normalized spacial score (nSPS) is 11.5. The third-order valence-electron chi connectivity index (χ3n) is 3.38. The first-order chi connectivity index (χ1) is 11.9. The molecule has 0 radical (unpaired) electrons. The molecular weight excluding hydrogens is 410 g/mol. The van der Waals surface area contributed by atoms with Gasteiger partial charge in [0.25, 0.3) is 0 Å². The quantitative estimate of drug-likeness (QED) is 0.553. The standard InChI is InChI=1S/C18H17BrClNO4/c1-11(22)21-16(12-3-6-14(24-2)7-4-12)10-18(23)25-17-8-5-13(19)9-15(17)20/h3-9,16H,10H2,1-2H3,(H,21,22)/t16-/m0/s1. The molecule has 0 saturated carbocycles. The molecule has 0 aromatic heterocycles. The fourth-order valence-electron chi connectivity index (χ4n) is 2.22. The van der Waals surface area contributed by atoms with Gasteiger partial charge in [-0.2, -0.15) is 0 Å². The van der Waals surface area contributed by atoms with Gasteiger partial charge in [0.2, 0.25) is 5.91 Å². The molecule has 1 N–H and O–H groups in total. The number of methoxy groups -OCH3 is 1. The summed E-state index contributed by atoms with van der Waals surface area (Å²) in [4.78, 5) is 23.7. The van der Waals surface area contributed by atoms with Gasteiger partial charge in [0.05, 0.1) is 24.6 Å². The lowest BCUT2D eigenvalue weighted by molar-refractivity contribution is -0.135. The summed E-state index contributed by atoms with van der Waals surface area (Å²) < 4.78 is 11.2. The number of hydrogen-bond acceptors (Lipinski definition) is 4. The Hall–Kier alpha value is -2.05. The summed E-state index contributed by atoms with van der Waals surface area (Å²) in [5, 5.41) is 3.08. The van der Waals surface area contributed by atoms with Gasteiger partial charge in [-0.15, -0.1) is 0 Å². The summed E-state index contributed by atoms with van der Waals surface area (Å²) in [7, 11) is 1.57. The fraction of sp³-hybridized carbons (Fsp3) is 0.222. The van der Waals surface area contributed by atoms with Crippen LogP contribution in [0.3, 0.4) is 0 Å². The number of carbonyl (C=O) groups excluding carboxylic acids is 2. The average molecular weight is 427 g/mol. The Morgan fingerprint density at radius 3 is 2.44 bits per heavy atom. The van der Waals surface area contributed by atoms with E-state index in [1.54, 1.807) is 49.6 Å². The molecule has 0 aliphatic carbocycles. The van der Waals surface area contributed by atoms with Crippen LogP contribution in [0.1, 0.15) is 24.9 Å². The smallest absolute Gasteiger partial charge is 0.313 e. The van der Waals surface area contributed by atoms with Crippen LogP contribution in [0.2, 0.25) is 5.02 Å². The van der Waals surface area contributed by atoms with Crippen molar-refractivity contribution in [2.24, 2.45) is 0 Å². The van der Waals surface area contributed by atoms with Crippen LogP contribution in [0.5, 0.6) is 11.5 Å². The third-order valence-corrected chi connectivity index (χ3v) is 4.17. The molecule has 7 heteroatoms. The Morgan fingerprint density at radius 1 is 1.20 bits per heavy atom. The monoisotopic (exact) mass is 425 g/mol. The molecule has 2 aromatic rings. The van der Waals surface area contributed by atoms with Crippen molar-refractivity contribution >= 4 is 39.4 Å². The highest BCUT2D eigenvalue weighted by molar-refractivity contribution is 9.10. The van der Waals surface area contributed by atoms with E-state index in [0.717, 1.165) is 10.0 Å². The molecule has 1 amide bonds.